The number of aryl methyl sites for hydroxylation is 1. The molecule has 0 bridgehead atoms. The number of hydrogen-bond acceptors (Lipinski definition) is 5. The van der Waals surface area contributed by atoms with E-state index in [2.05, 4.69) is 29.1 Å². The van der Waals surface area contributed by atoms with Gasteiger partial charge in [-0.2, -0.15) is 0 Å². The van der Waals surface area contributed by atoms with E-state index in [0.717, 1.165) is 42.3 Å². The number of methoxy groups -OCH3 is 1. The summed E-state index contributed by atoms with van der Waals surface area (Å²) in [6.07, 6.45) is 3.70. The molecule has 1 N–H and O–H groups in total. The van der Waals surface area contributed by atoms with Crippen LogP contribution in [0.25, 0.3) is 0 Å². The van der Waals surface area contributed by atoms with Crippen LogP contribution in [0, 0.1) is 6.92 Å². The molecule has 1 atom stereocenters. The maximum atomic E-state index is 13.0. The topological polar surface area (TPSA) is 67.3 Å². The summed E-state index contributed by atoms with van der Waals surface area (Å²) in [5, 5.41) is 3.53. The number of ether oxygens (including phenoxy) is 1. The number of piperidine rings is 1. The van der Waals surface area contributed by atoms with Gasteiger partial charge in [0.25, 0.3) is 5.91 Å². The summed E-state index contributed by atoms with van der Waals surface area (Å²) < 4.78 is 5.20. The van der Waals surface area contributed by atoms with Gasteiger partial charge in [-0.1, -0.05) is 13.8 Å². The molecular weight excluding hydrogens is 340 g/mol. The summed E-state index contributed by atoms with van der Waals surface area (Å²) >= 11 is 0. The predicted molar refractivity (Wildman–Crippen MR) is 106 cm³/mol. The van der Waals surface area contributed by atoms with Crippen molar-refractivity contribution in [1.82, 2.24) is 14.9 Å². The van der Waals surface area contributed by atoms with Gasteiger partial charge < -0.3 is 15.0 Å². The van der Waals surface area contributed by atoms with Crippen LogP contribution in [0.1, 0.15) is 54.5 Å². The number of benzene rings is 1. The lowest BCUT2D eigenvalue weighted by Gasteiger charge is -2.34. The van der Waals surface area contributed by atoms with Crippen LogP contribution in [0.2, 0.25) is 0 Å². The summed E-state index contributed by atoms with van der Waals surface area (Å²) in [6, 6.07) is 8.10. The van der Waals surface area contributed by atoms with E-state index in [1.54, 1.807) is 13.3 Å². The molecular formula is C21H28N4O2. The van der Waals surface area contributed by atoms with Crippen molar-refractivity contribution in [2.75, 3.05) is 25.5 Å². The van der Waals surface area contributed by atoms with E-state index in [1.807, 2.05) is 36.1 Å². The lowest BCUT2D eigenvalue weighted by atomic mass is 10.0. The van der Waals surface area contributed by atoms with E-state index in [0.29, 0.717) is 12.1 Å². The highest BCUT2D eigenvalue weighted by molar-refractivity contribution is 5.95. The summed E-state index contributed by atoms with van der Waals surface area (Å²) in [4.78, 5) is 23.8. The molecule has 0 spiro atoms. The second-order valence-electron chi connectivity index (χ2n) is 7.35. The Kier molecular flexibility index (Phi) is 5.94. The molecule has 2 aromatic rings. The molecule has 27 heavy (non-hydrogen) atoms. The van der Waals surface area contributed by atoms with Crippen LogP contribution in [-0.2, 0) is 0 Å². The highest BCUT2D eigenvalue weighted by Crippen LogP contribution is 2.21. The van der Waals surface area contributed by atoms with Crippen LogP contribution < -0.4 is 10.1 Å². The molecule has 3 rings (SSSR count). The number of anilines is 1. The predicted octanol–water partition coefficient (Wildman–Crippen LogP) is 3.63. The average molecular weight is 368 g/mol. The van der Waals surface area contributed by atoms with Crippen LogP contribution in [-0.4, -0.2) is 47.0 Å². The Morgan fingerprint density at radius 3 is 2.67 bits per heavy atom. The zero-order valence-corrected chi connectivity index (χ0v) is 16.5. The lowest BCUT2D eigenvalue weighted by molar-refractivity contribution is 0.0713. The Hall–Kier alpha value is -2.63. The average Bonchev–Trinajstić information content (AvgIpc) is 2.68. The van der Waals surface area contributed by atoms with Gasteiger partial charge in [0.2, 0.25) is 0 Å². The van der Waals surface area contributed by atoms with E-state index in [1.165, 1.54) is 0 Å². The Morgan fingerprint density at radius 2 is 2.04 bits per heavy atom. The molecule has 1 saturated heterocycles. The van der Waals surface area contributed by atoms with E-state index in [9.17, 15) is 4.79 Å². The molecule has 1 aliphatic heterocycles. The van der Waals surface area contributed by atoms with E-state index in [-0.39, 0.29) is 17.9 Å². The third-order valence-electron chi connectivity index (χ3n) is 4.91. The number of likely N-dealkylation sites (tertiary alicyclic amines) is 1. The second kappa shape index (κ2) is 8.37. The van der Waals surface area contributed by atoms with Crippen molar-refractivity contribution in [1.29, 1.82) is 0 Å². The molecule has 1 amide bonds. The molecule has 1 aromatic carbocycles. The largest absolute Gasteiger partial charge is 0.497 e. The summed E-state index contributed by atoms with van der Waals surface area (Å²) in [5.41, 5.74) is 2.39. The van der Waals surface area contributed by atoms with E-state index < -0.39 is 0 Å². The van der Waals surface area contributed by atoms with Crippen molar-refractivity contribution >= 4 is 11.6 Å². The summed E-state index contributed by atoms with van der Waals surface area (Å²) in [5.74, 6) is 1.88. The first kappa shape index (κ1) is 19.1. The first-order valence-corrected chi connectivity index (χ1v) is 9.51. The number of amides is 1. The van der Waals surface area contributed by atoms with Crippen molar-refractivity contribution in [3.63, 3.8) is 0 Å². The van der Waals surface area contributed by atoms with Crippen LogP contribution >= 0.6 is 0 Å². The molecule has 144 valence electrons. The van der Waals surface area contributed by atoms with Crippen LogP contribution in [0.4, 0.5) is 5.69 Å². The SMILES string of the molecule is COc1ccc(N[C@@H]2CCCN(C(=O)c3cnc(C(C)C)nc3C)C2)cc1. The zero-order valence-electron chi connectivity index (χ0n) is 16.5. The van der Waals surface area contributed by atoms with Crippen molar-refractivity contribution in [2.45, 2.75) is 45.6 Å². The zero-order chi connectivity index (χ0) is 19.4. The molecule has 0 saturated carbocycles. The Labute approximate surface area is 161 Å². The third-order valence-corrected chi connectivity index (χ3v) is 4.91. The maximum Gasteiger partial charge on any atom is 0.257 e. The molecule has 1 fully saturated rings. The quantitative estimate of drug-likeness (QED) is 0.873. The highest BCUT2D eigenvalue weighted by atomic mass is 16.5. The van der Waals surface area contributed by atoms with Gasteiger partial charge in [-0.25, -0.2) is 9.97 Å². The molecule has 2 heterocycles. The molecule has 0 unspecified atom stereocenters. The first-order valence-electron chi connectivity index (χ1n) is 9.51. The van der Waals surface area contributed by atoms with Crippen molar-refractivity contribution in [3.8, 4) is 5.75 Å². The molecule has 1 aromatic heterocycles. The van der Waals surface area contributed by atoms with Crippen LogP contribution in [0.15, 0.2) is 30.5 Å². The van der Waals surface area contributed by atoms with Crippen LogP contribution in [0.3, 0.4) is 0 Å². The normalized spacial score (nSPS) is 17.1. The molecule has 6 nitrogen and oxygen atoms in total. The first-order chi connectivity index (χ1) is 13.0. The number of nitrogens with zero attached hydrogens (tertiary/aromatic N) is 3. The van der Waals surface area contributed by atoms with E-state index in [4.69, 9.17) is 4.74 Å². The highest BCUT2D eigenvalue weighted by Gasteiger charge is 2.26. The number of carbonyl (C=O) groups excluding carboxylic acids is 1. The lowest BCUT2D eigenvalue weighted by Crippen LogP contribution is -2.45. The van der Waals surface area contributed by atoms with Crippen LogP contribution in [0.5, 0.6) is 5.75 Å². The third kappa shape index (κ3) is 4.56. The van der Waals surface area contributed by atoms with Gasteiger partial charge in [0.05, 0.1) is 18.4 Å². The Morgan fingerprint density at radius 1 is 1.30 bits per heavy atom. The number of hydrogen-bond donors (Lipinski definition) is 1. The van der Waals surface area contributed by atoms with Gasteiger partial charge in [-0.05, 0) is 44.0 Å². The van der Waals surface area contributed by atoms with Crippen molar-refractivity contribution < 1.29 is 9.53 Å². The Balaban J connectivity index is 1.67. The van der Waals surface area contributed by atoms with Gasteiger partial charge in [0.15, 0.2) is 0 Å². The Bertz CT molecular complexity index is 789. The molecule has 0 radical (unpaired) electrons. The van der Waals surface area contributed by atoms with Crippen molar-refractivity contribution in [2.24, 2.45) is 0 Å². The van der Waals surface area contributed by atoms with E-state index >= 15 is 0 Å². The summed E-state index contributed by atoms with van der Waals surface area (Å²) in [7, 11) is 1.66. The van der Waals surface area contributed by atoms with Gasteiger partial charge in [-0.15, -0.1) is 0 Å². The molecule has 1 aliphatic rings. The second-order valence-corrected chi connectivity index (χ2v) is 7.35. The minimum atomic E-state index is 0.0176. The maximum absolute atomic E-state index is 13.0. The minimum Gasteiger partial charge on any atom is -0.497 e. The smallest absolute Gasteiger partial charge is 0.257 e. The number of carbonyl (C=O) groups is 1. The molecule has 6 heteroatoms. The number of rotatable bonds is 5. The van der Waals surface area contributed by atoms with Gasteiger partial charge >= 0.3 is 0 Å². The monoisotopic (exact) mass is 368 g/mol. The van der Waals surface area contributed by atoms with Gasteiger partial charge in [0.1, 0.15) is 11.6 Å². The van der Waals surface area contributed by atoms with Gasteiger partial charge in [0, 0.05) is 36.9 Å². The van der Waals surface area contributed by atoms with Gasteiger partial charge in [-0.3, -0.25) is 4.79 Å². The minimum absolute atomic E-state index is 0.0176. The van der Waals surface area contributed by atoms with Crippen molar-refractivity contribution in [3.05, 3.63) is 47.5 Å². The fourth-order valence-corrected chi connectivity index (χ4v) is 3.35. The fraction of sp³-hybridized carbons (Fsp3) is 0.476. The molecule has 0 aliphatic carbocycles. The number of nitrogens with one attached hydrogen (secondary N) is 1. The number of aromatic nitrogens is 2. The summed E-state index contributed by atoms with van der Waals surface area (Å²) in [6.45, 7) is 7.44. The fourth-order valence-electron chi connectivity index (χ4n) is 3.35. The standard InChI is InChI=1S/C21H28N4O2/c1-14(2)20-22-12-19(15(3)23-20)21(26)25-11-5-6-17(13-25)24-16-7-9-18(27-4)10-8-16/h7-10,12,14,17,24H,5-6,11,13H2,1-4H3/t17-/m1/s1.